The summed E-state index contributed by atoms with van der Waals surface area (Å²) in [5.74, 6) is 1.02. The number of benzene rings is 1. The van der Waals surface area contributed by atoms with E-state index < -0.39 is 10.0 Å². The van der Waals surface area contributed by atoms with Crippen LogP contribution < -0.4 is 4.72 Å². The molecule has 5 nitrogen and oxygen atoms in total. The fraction of sp³-hybridized carbons (Fsp3) is 0.357. The lowest BCUT2D eigenvalue weighted by Gasteiger charge is -2.14. The Hall–Kier alpha value is -1.31. The van der Waals surface area contributed by atoms with E-state index in [4.69, 9.17) is 0 Å². The molecule has 1 atom stereocenters. The van der Waals surface area contributed by atoms with Gasteiger partial charge in [0.05, 0.1) is 6.20 Å². The van der Waals surface area contributed by atoms with E-state index in [-0.39, 0.29) is 10.9 Å². The number of hydrogen-bond donors (Lipinski definition) is 1. The summed E-state index contributed by atoms with van der Waals surface area (Å²) in [5.41, 5.74) is 0.933. The lowest BCUT2D eigenvalue weighted by molar-refractivity contribution is 0.566. The first-order valence-electron chi connectivity index (χ1n) is 6.66. The molecule has 0 unspecified atom stereocenters. The molecule has 1 aromatic carbocycles. The van der Waals surface area contributed by atoms with Crippen molar-refractivity contribution in [3.05, 3.63) is 42.2 Å². The van der Waals surface area contributed by atoms with Crippen molar-refractivity contribution in [3.8, 4) is 0 Å². The van der Waals surface area contributed by atoms with Crippen LogP contribution in [0.5, 0.6) is 0 Å². The molecule has 1 heterocycles. The van der Waals surface area contributed by atoms with Gasteiger partial charge in [-0.3, -0.25) is 4.68 Å². The Morgan fingerprint density at radius 1 is 1.33 bits per heavy atom. The first kappa shape index (κ1) is 16.1. The highest BCUT2D eigenvalue weighted by molar-refractivity contribution is 7.99. The summed E-state index contributed by atoms with van der Waals surface area (Å²) in [6.45, 7) is 3.93. The standard InChI is InChI=1S/C14H19N3O2S2/c1-4-20-13-7-5-12(6-8-13)11(2)16-21(18,19)14-9-15-17(3)10-14/h5-11,16H,4H2,1-3H3/t11-/m0/s1. The van der Waals surface area contributed by atoms with E-state index in [0.29, 0.717) is 0 Å². The monoisotopic (exact) mass is 325 g/mol. The highest BCUT2D eigenvalue weighted by atomic mass is 32.2. The van der Waals surface area contributed by atoms with Gasteiger partial charge < -0.3 is 0 Å². The molecule has 0 aliphatic carbocycles. The van der Waals surface area contributed by atoms with Crippen LogP contribution in [0.4, 0.5) is 0 Å². The third-order valence-electron chi connectivity index (χ3n) is 3.01. The summed E-state index contributed by atoms with van der Waals surface area (Å²) >= 11 is 1.76. The fourth-order valence-corrected chi connectivity index (χ4v) is 3.80. The van der Waals surface area contributed by atoms with Crippen molar-refractivity contribution in [1.82, 2.24) is 14.5 Å². The second-order valence-electron chi connectivity index (χ2n) is 4.69. The zero-order valence-corrected chi connectivity index (χ0v) is 13.9. The molecule has 0 radical (unpaired) electrons. The predicted octanol–water partition coefficient (Wildman–Crippen LogP) is 2.57. The molecule has 2 aromatic rings. The van der Waals surface area contributed by atoms with Crippen LogP contribution in [-0.4, -0.2) is 24.0 Å². The van der Waals surface area contributed by atoms with E-state index in [2.05, 4.69) is 16.7 Å². The lowest BCUT2D eigenvalue weighted by Crippen LogP contribution is -2.26. The molecule has 2 rings (SSSR count). The van der Waals surface area contributed by atoms with Gasteiger partial charge in [-0.1, -0.05) is 19.1 Å². The van der Waals surface area contributed by atoms with Crippen LogP contribution in [0.15, 0.2) is 46.5 Å². The number of sulfonamides is 1. The summed E-state index contributed by atoms with van der Waals surface area (Å²) in [7, 11) is -1.86. The average molecular weight is 325 g/mol. The van der Waals surface area contributed by atoms with E-state index in [1.165, 1.54) is 22.0 Å². The van der Waals surface area contributed by atoms with Crippen LogP contribution >= 0.6 is 11.8 Å². The molecule has 7 heteroatoms. The second-order valence-corrected chi connectivity index (χ2v) is 7.75. The van der Waals surface area contributed by atoms with Gasteiger partial charge in [0.15, 0.2) is 0 Å². The zero-order valence-electron chi connectivity index (χ0n) is 12.3. The number of thioether (sulfide) groups is 1. The maximum atomic E-state index is 12.2. The van der Waals surface area contributed by atoms with E-state index in [1.54, 1.807) is 18.8 Å². The van der Waals surface area contributed by atoms with Crippen molar-refractivity contribution in [2.24, 2.45) is 7.05 Å². The minimum absolute atomic E-state index is 0.176. The van der Waals surface area contributed by atoms with E-state index >= 15 is 0 Å². The second kappa shape index (κ2) is 6.64. The Morgan fingerprint density at radius 2 is 2.00 bits per heavy atom. The normalized spacial score (nSPS) is 13.3. The summed E-state index contributed by atoms with van der Waals surface area (Å²) in [4.78, 5) is 1.36. The SMILES string of the molecule is CCSc1ccc([C@H](C)NS(=O)(=O)c2cnn(C)c2)cc1. The lowest BCUT2D eigenvalue weighted by atomic mass is 10.1. The van der Waals surface area contributed by atoms with Crippen molar-refractivity contribution in [2.45, 2.75) is 29.7 Å². The summed E-state index contributed by atoms with van der Waals surface area (Å²) < 4.78 is 28.6. The van der Waals surface area contributed by atoms with Gasteiger partial charge in [-0.2, -0.15) is 5.10 Å². The van der Waals surface area contributed by atoms with Gasteiger partial charge in [0.25, 0.3) is 0 Å². The van der Waals surface area contributed by atoms with Gasteiger partial charge in [-0.15, -0.1) is 11.8 Å². The first-order chi connectivity index (χ1) is 9.92. The third-order valence-corrected chi connectivity index (χ3v) is 5.40. The van der Waals surface area contributed by atoms with Crippen molar-refractivity contribution >= 4 is 21.8 Å². The smallest absolute Gasteiger partial charge is 0.244 e. The van der Waals surface area contributed by atoms with Gasteiger partial charge in [0, 0.05) is 24.2 Å². The van der Waals surface area contributed by atoms with Crippen LogP contribution in [0.3, 0.4) is 0 Å². The summed E-state index contributed by atoms with van der Waals surface area (Å²) in [6.07, 6.45) is 2.83. The van der Waals surface area contributed by atoms with Crippen molar-refractivity contribution < 1.29 is 8.42 Å². The topological polar surface area (TPSA) is 64.0 Å². The maximum absolute atomic E-state index is 12.2. The van der Waals surface area contributed by atoms with Gasteiger partial charge >= 0.3 is 0 Å². The minimum atomic E-state index is -3.55. The molecule has 0 amide bonds. The van der Waals surface area contributed by atoms with E-state index in [0.717, 1.165) is 11.3 Å². The quantitative estimate of drug-likeness (QED) is 0.829. The number of aromatic nitrogens is 2. The fourth-order valence-electron chi connectivity index (χ4n) is 1.93. The Labute approximate surface area is 129 Å². The maximum Gasteiger partial charge on any atom is 0.244 e. The molecule has 0 spiro atoms. The highest BCUT2D eigenvalue weighted by Crippen LogP contribution is 2.22. The third kappa shape index (κ3) is 4.09. The van der Waals surface area contributed by atoms with Crippen molar-refractivity contribution in [3.63, 3.8) is 0 Å². The number of hydrogen-bond acceptors (Lipinski definition) is 4. The molecule has 21 heavy (non-hydrogen) atoms. The Bertz CT molecular complexity index is 693. The molecule has 114 valence electrons. The Balaban J connectivity index is 2.11. The molecule has 0 saturated heterocycles. The van der Waals surface area contributed by atoms with Crippen molar-refractivity contribution in [1.29, 1.82) is 0 Å². The molecule has 0 aliphatic heterocycles. The van der Waals surface area contributed by atoms with E-state index in [1.807, 2.05) is 31.2 Å². The van der Waals surface area contributed by atoms with Crippen LogP contribution in [-0.2, 0) is 17.1 Å². The van der Waals surface area contributed by atoms with Gasteiger partial charge in [0.1, 0.15) is 4.90 Å². The van der Waals surface area contributed by atoms with Gasteiger partial charge in [-0.25, -0.2) is 13.1 Å². The number of nitrogens with zero attached hydrogens (tertiary/aromatic N) is 2. The molecule has 0 aliphatic rings. The largest absolute Gasteiger partial charge is 0.274 e. The van der Waals surface area contributed by atoms with Crippen LogP contribution in [0.1, 0.15) is 25.5 Å². The molecular formula is C14H19N3O2S2. The number of rotatable bonds is 6. The zero-order chi connectivity index (χ0) is 15.5. The molecular weight excluding hydrogens is 306 g/mol. The van der Waals surface area contributed by atoms with Gasteiger partial charge in [-0.05, 0) is 30.4 Å². The van der Waals surface area contributed by atoms with Crippen LogP contribution in [0, 0.1) is 0 Å². The van der Waals surface area contributed by atoms with E-state index in [9.17, 15) is 8.42 Å². The summed E-state index contributed by atoms with van der Waals surface area (Å²) in [6, 6.07) is 7.63. The molecule has 0 bridgehead atoms. The molecule has 0 saturated carbocycles. The number of aryl methyl sites for hydroxylation is 1. The molecule has 0 fully saturated rings. The summed E-state index contributed by atoms with van der Waals surface area (Å²) in [5, 5.41) is 3.89. The highest BCUT2D eigenvalue weighted by Gasteiger charge is 2.19. The average Bonchev–Trinajstić information content (AvgIpc) is 2.87. The molecule has 1 N–H and O–H groups in total. The predicted molar refractivity (Wildman–Crippen MR) is 84.8 cm³/mol. The first-order valence-corrected chi connectivity index (χ1v) is 9.13. The van der Waals surface area contributed by atoms with Crippen molar-refractivity contribution in [2.75, 3.05) is 5.75 Å². The Morgan fingerprint density at radius 3 is 2.52 bits per heavy atom. The van der Waals surface area contributed by atoms with Crippen LogP contribution in [0.2, 0.25) is 0 Å². The Kier molecular flexibility index (Phi) is 5.08. The van der Waals surface area contributed by atoms with Gasteiger partial charge in [0.2, 0.25) is 10.0 Å². The minimum Gasteiger partial charge on any atom is -0.274 e. The molecule has 1 aromatic heterocycles. The van der Waals surface area contributed by atoms with Crippen LogP contribution in [0.25, 0.3) is 0 Å². The number of nitrogens with one attached hydrogen (secondary N) is 1.